The lowest BCUT2D eigenvalue weighted by atomic mass is 10.1. The van der Waals surface area contributed by atoms with Crippen LogP contribution in [0.4, 0.5) is 0 Å². The Hall–Kier alpha value is -3.14. The molecule has 1 atom stereocenters. The van der Waals surface area contributed by atoms with E-state index >= 15 is 0 Å². The van der Waals surface area contributed by atoms with Gasteiger partial charge in [-0.3, -0.25) is 9.59 Å². The van der Waals surface area contributed by atoms with Gasteiger partial charge in [0.1, 0.15) is 10.9 Å². The second-order valence-corrected chi connectivity index (χ2v) is 9.40. The van der Waals surface area contributed by atoms with Crippen molar-refractivity contribution in [3.05, 3.63) is 54.0 Å². The number of rotatable bonds is 2. The molecule has 0 bridgehead atoms. The summed E-state index contributed by atoms with van der Waals surface area (Å²) in [5, 5.41) is 0. The average Bonchev–Trinajstić information content (AvgIpc) is 3.53. The first-order valence-corrected chi connectivity index (χ1v) is 11.7. The van der Waals surface area contributed by atoms with Gasteiger partial charge in [0, 0.05) is 38.3 Å². The van der Waals surface area contributed by atoms with Gasteiger partial charge in [0.2, 0.25) is 5.91 Å². The van der Waals surface area contributed by atoms with Gasteiger partial charge >= 0.3 is 0 Å². The lowest BCUT2D eigenvalue weighted by molar-refractivity contribution is -0.136. The first-order valence-electron chi connectivity index (χ1n) is 10.3. The molecule has 9 nitrogen and oxygen atoms in total. The van der Waals surface area contributed by atoms with Gasteiger partial charge in [-0.2, -0.15) is 8.42 Å². The largest absolute Gasteiger partial charge is 0.459 e. The summed E-state index contributed by atoms with van der Waals surface area (Å²) >= 11 is 0. The van der Waals surface area contributed by atoms with Gasteiger partial charge in [-0.1, -0.05) is 12.1 Å². The van der Waals surface area contributed by atoms with E-state index in [1.807, 2.05) is 4.90 Å². The molecule has 0 N–H and O–H groups in total. The molecule has 0 spiro atoms. The summed E-state index contributed by atoms with van der Waals surface area (Å²) < 4.78 is 34.1. The minimum atomic E-state index is -3.74. The second-order valence-electron chi connectivity index (χ2n) is 7.83. The fourth-order valence-corrected chi connectivity index (χ4v) is 5.69. The van der Waals surface area contributed by atoms with Crippen LogP contribution in [0.15, 0.2) is 56.4 Å². The highest BCUT2D eigenvalue weighted by Gasteiger charge is 2.41. The highest BCUT2D eigenvalue weighted by molar-refractivity contribution is 7.90. The number of piperazine rings is 1. The van der Waals surface area contributed by atoms with Crippen LogP contribution in [0.2, 0.25) is 0 Å². The van der Waals surface area contributed by atoms with E-state index in [9.17, 15) is 18.0 Å². The number of benzene rings is 1. The summed E-state index contributed by atoms with van der Waals surface area (Å²) in [6.07, 6.45) is 2.89. The third kappa shape index (κ3) is 3.40. The number of hydrogen-bond acceptors (Lipinski definition) is 6. The predicted octanol–water partition coefficient (Wildman–Crippen LogP) is 1.18. The highest BCUT2D eigenvalue weighted by Crippen LogP contribution is 2.31. The standard InChI is InChI=1S/C21H22N4O5S/c26-20(23-10-12-24(13-11-23)21(27)17-7-4-14-30-17)16-6-3-9-25(16)19-15-5-1-2-8-18(15)31(28,29)22-19/h1-2,4-5,7-8,14,16H,3,6,9-13H2/t16-/m0/s1. The van der Waals surface area contributed by atoms with Gasteiger partial charge in [0.05, 0.1) is 6.26 Å². The summed E-state index contributed by atoms with van der Waals surface area (Å²) in [6.45, 7) is 2.29. The van der Waals surface area contributed by atoms with E-state index in [4.69, 9.17) is 4.42 Å². The molecule has 0 saturated carbocycles. The maximum atomic E-state index is 13.3. The molecule has 2 fully saturated rings. The number of amides is 2. The van der Waals surface area contributed by atoms with Crippen molar-refractivity contribution in [1.29, 1.82) is 0 Å². The van der Waals surface area contributed by atoms with Crippen LogP contribution in [-0.2, 0) is 14.8 Å². The summed E-state index contributed by atoms with van der Waals surface area (Å²) in [6, 6.07) is 9.58. The van der Waals surface area contributed by atoms with Crippen LogP contribution in [-0.4, -0.2) is 79.5 Å². The van der Waals surface area contributed by atoms with Crippen LogP contribution >= 0.6 is 0 Å². The number of nitrogens with zero attached hydrogens (tertiary/aromatic N) is 4. The third-order valence-corrected chi connectivity index (χ3v) is 7.36. The third-order valence-electron chi connectivity index (χ3n) is 6.03. The molecule has 3 aliphatic rings. The Morgan fingerprint density at radius 3 is 2.45 bits per heavy atom. The SMILES string of the molecule is O=C(c1ccco1)N1CCN(C(=O)[C@@H]2CCCN2C2=NS(=O)(=O)c3ccccc32)CC1. The van der Waals surface area contributed by atoms with Crippen LogP contribution in [0.5, 0.6) is 0 Å². The molecule has 162 valence electrons. The highest BCUT2D eigenvalue weighted by atomic mass is 32.2. The van der Waals surface area contributed by atoms with Gasteiger partial charge in [0.25, 0.3) is 15.9 Å². The quantitative estimate of drug-likeness (QED) is 0.692. The van der Waals surface area contributed by atoms with Crippen LogP contribution in [0.3, 0.4) is 0 Å². The van der Waals surface area contributed by atoms with Crippen molar-refractivity contribution >= 4 is 27.7 Å². The van der Waals surface area contributed by atoms with Gasteiger partial charge in [-0.25, -0.2) is 0 Å². The summed E-state index contributed by atoms with van der Waals surface area (Å²) in [7, 11) is -3.74. The molecule has 5 rings (SSSR count). The van der Waals surface area contributed by atoms with E-state index in [0.717, 1.165) is 6.42 Å². The van der Waals surface area contributed by atoms with E-state index < -0.39 is 16.1 Å². The summed E-state index contributed by atoms with van der Waals surface area (Å²) in [4.78, 5) is 31.2. The minimum absolute atomic E-state index is 0.0490. The van der Waals surface area contributed by atoms with Crippen molar-refractivity contribution in [3.63, 3.8) is 0 Å². The minimum Gasteiger partial charge on any atom is -0.459 e. The zero-order chi connectivity index (χ0) is 21.6. The molecule has 2 aromatic rings. The van der Waals surface area contributed by atoms with Crippen LogP contribution in [0.25, 0.3) is 0 Å². The number of sulfonamides is 1. The van der Waals surface area contributed by atoms with Crippen LogP contribution in [0, 0.1) is 0 Å². The fourth-order valence-electron chi connectivity index (χ4n) is 4.47. The van der Waals surface area contributed by atoms with E-state index in [1.165, 1.54) is 6.26 Å². The van der Waals surface area contributed by atoms with Crippen molar-refractivity contribution in [1.82, 2.24) is 14.7 Å². The second kappa shape index (κ2) is 7.52. The molecule has 0 aliphatic carbocycles. The topological polar surface area (TPSA) is 104 Å². The Labute approximate surface area is 180 Å². The average molecular weight is 442 g/mol. The van der Waals surface area contributed by atoms with Crippen molar-refractivity contribution < 1.29 is 22.4 Å². The Morgan fingerprint density at radius 2 is 1.71 bits per heavy atom. The molecule has 3 aliphatic heterocycles. The molecule has 2 amide bonds. The van der Waals surface area contributed by atoms with Crippen molar-refractivity contribution in [2.75, 3.05) is 32.7 Å². The first-order chi connectivity index (χ1) is 15.0. The number of carbonyl (C=O) groups excluding carboxylic acids is 2. The molecule has 0 unspecified atom stereocenters. The summed E-state index contributed by atoms with van der Waals surface area (Å²) in [5.74, 6) is 0.424. The number of likely N-dealkylation sites (tertiary alicyclic amines) is 1. The predicted molar refractivity (Wildman–Crippen MR) is 111 cm³/mol. The molecular weight excluding hydrogens is 420 g/mol. The molecule has 2 saturated heterocycles. The lowest BCUT2D eigenvalue weighted by Crippen LogP contribution is -2.55. The molecule has 1 aromatic heterocycles. The van der Waals surface area contributed by atoms with E-state index in [0.29, 0.717) is 56.3 Å². The first kappa shape index (κ1) is 19.8. The van der Waals surface area contributed by atoms with Gasteiger partial charge < -0.3 is 19.1 Å². The summed E-state index contributed by atoms with van der Waals surface area (Å²) in [5.41, 5.74) is 0.552. The van der Waals surface area contributed by atoms with E-state index in [1.54, 1.807) is 46.2 Å². The smallest absolute Gasteiger partial charge is 0.289 e. The van der Waals surface area contributed by atoms with Crippen LogP contribution < -0.4 is 0 Å². The fraction of sp³-hybridized carbons (Fsp3) is 0.381. The molecule has 10 heteroatoms. The Morgan fingerprint density at radius 1 is 0.968 bits per heavy atom. The lowest BCUT2D eigenvalue weighted by Gasteiger charge is -2.37. The Balaban J connectivity index is 1.30. The van der Waals surface area contributed by atoms with Gasteiger partial charge in [0.15, 0.2) is 11.6 Å². The zero-order valence-electron chi connectivity index (χ0n) is 16.8. The number of hydrogen-bond donors (Lipinski definition) is 0. The van der Waals surface area contributed by atoms with Crippen molar-refractivity contribution in [3.8, 4) is 0 Å². The van der Waals surface area contributed by atoms with Crippen molar-refractivity contribution in [2.45, 2.75) is 23.8 Å². The molecular formula is C21H22N4O5S. The number of fused-ring (bicyclic) bond motifs is 1. The molecule has 4 heterocycles. The van der Waals surface area contributed by atoms with E-state index in [2.05, 4.69) is 4.40 Å². The Bertz CT molecular complexity index is 1150. The maximum absolute atomic E-state index is 13.3. The number of carbonyl (C=O) groups is 2. The van der Waals surface area contributed by atoms with E-state index in [-0.39, 0.29) is 16.7 Å². The number of furan rings is 1. The zero-order valence-corrected chi connectivity index (χ0v) is 17.6. The number of amidine groups is 1. The molecule has 31 heavy (non-hydrogen) atoms. The molecule has 1 aromatic carbocycles. The van der Waals surface area contributed by atoms with Crippen molar-refractivity contribution in [2.24, 2.45) is 4.40 Å². The maximum Gasteiger partial charge on any atom is 0.289 e. The van der Waals surface area contributed by atoms with Gasteiger partial charge in [-0.15, -0.1) is 4.40 Å². The monoisotopic (exact) mass is 442 g/mol. The Kier molecular flexibility index (Phi) is 4.81. The normalized spacial score (nSPS) is 22.4. The molecule has 0 radical (unpaired) electrons. The van der Waals surface area contributed by atoms with Crippen LogP contribution in [0.1, 0.15) is 29.0 Å². The van der Waals surface area contributed by atoms with Gasteiger partial charge in [-0.05, 0) is 37.1 Å².